The third-order valence-corrected chi connectivity index (χ3v) is 4.63. The first-order valence-electron chi connectivity index (χ1n) is 9.06. The van der Waals surface area contributed by atoms with Gasteiger partial charge in [0.15, 0.2) is 0 Å². The second-order valence-electron chi connectivity index (χ2n) is 6.56. The van der Waals surface area contributed by atoms with Crippen molar-refractivity contribution in [3.8, 4) is 17.0 Å². The Morgan fingerprint density at radius 3 is 2.46 bits per heavy atom. The van der Waals surface area contributed by atoms with Gasteiger partial charge in [-0.15, -0.1) is 0 Å². The number of benzene rings is 2. The number of ether oxygens (including phenoxy) is 1. The molecule has 1 aromatic heterocycles. The van der Waals surface area contributed by atoms with Crippen LogP contribution in [0.3, 0.4) is 0 Å². The first kappa shape index (κ1) is 19.4. The summed E-state index contributed by atoms with van der Waals surface area (Å²) >= 11 is 0. The summed E-state index contributed by atoms with van der Waals surface area (Å²) in [6.07, 6.45) is 0. The quantitative estimate of drug-likeness (QED) is 0.717. The van der Waals surface area contributed by atoms with Crippen LogP contribution in [0.1, 0.15) is 21.5 Å². The molecule has 0 radical (unpaired) electrons. The zero-order valence-electron chi connectivity index (χ0n) is 16.2. The van der Waals surface area contributed by atoms with Gasteiger partial charge in [-0.1, -0.05) is 6.07 Å². The highest BCUT2D eigenvalue weighted by molar-refractivity contribution is 5.94. The van der Waals surface area contributed by atoms with E-state index in [4.69, 9.17) is 4.74 Å². The fourth-order valence-corrected chi connectivity index (χ4v) is 2.78. The van der Waals surface area contributed by atoms with Gasteiger partial charge in [0.05, 0.1) is 19.3 Å². The van der Waals surface area contributed by atoms with Crippen molar-refractivity contribution >= 4 is 5.91 Å². The van der Waals surface area contributed by atoms with Crippen molar-refractivity contribution in [2.75, 3.05) is 13.7 Å². The summed E-state index contributed by atoms with van der Waals surface area (Å²) in [6.45, 7) is 4.58. The summed E-state index contributed by atoms with van der Waals surface area (Å²) in [7, 11) is 1.61. The minimum Gasteiger partial charge on any atom is -0.497 e. The van der Waals surface area contributed by atoms with Gasteiger partial charge in [0, 0.05) is 23.7 Å². The number of carbonyl (C=O) groups is 1. The zero-order valence-corrected chi connectivity index (χ0v) is 16.2. The summed E-state index contributed by atoms with van der Waals surface area (Å²) in [5.41, 5.74) is 4.17. The molecule has 0 aliphatic carbocycles. The van der Waals surface area contributed by atoms with Gasteiger partial charge in [-0.3, -0.25) is 9.59 Å². The molecule has 0 saturated heterocycles. The Labute approximate surface area is 163 Å². The number of carbonyl (C=O) groups excluding carboxylic acids is 1. The van der Waals surface area contributed by atoms with Gasteiger partial charge in [-0.05, 0) is 67.4 Å². The summed E-state index contributed by atoms with van der Waals surface area (Å²) < 4.78 is 6.52. The number of amides is 1. The molecule has 0 spiro atoms. The lowest BCUT2D eigenvalue weighted by atomic mass is 10.1. The van der Waals surface area contributed by atoms with E-state index in [1.807, 2.05) is 50.2 Å². The third-order valence-electron chi connectivity index (χ3n) is 4.63. The van der Waals surface area contributed by atoms with Gasteiger partial charge < -0.3 is 10.1 Å². The van der Waals surface area contributed by atoms with E-state index in [-0.39, 0.29) is 11.5 Å². The van der Waals surface area contributed by atoms with Crippen LogP contribution in [0.25, 0.3) is 11.3 Å². The number of nitrogens with zero attached hydrogens (tertiary/aromatic N) is 2. The minimum atomic E-state index is -0.210. The maximum Gasteiger partial charge on any atom is 0.266 e. The Morgan fingerprint density at radius 2 is 1.79 bits per heavy atom. The highest BCUT2D eigenvalue weighted by Gasteiger charge is 2.08. The van der Waals surface area contributed by atoms with Gasteiger partial charge in [-0.2, -0.15) is 5.10 Å². The van der Waals surface area contributed by atoms with E-state index in [2.05, 4.69) is 10.4 Å². The van der Waals surface area contributed by atoms with Crippen LogP contribution < -0.4 is 15.6 Å². The molecular weight excluding hydrogens is 354 g/mol. The number of methoxy groups -OCH3 is 1. The fourth-order valence-electron chi connectivity index (χ4n) is 2.78. The summed E-state index contributed by atoms with van der Waals surface area (Å²) in [4.78, 5) is 24.4. The van der Waals surface area contributed by atoms with Crippen LogP contribution in [0.15, 0.2) is 59.4 Å². The molecule has 0 atom stereocenters. The molecule has 28 heavy (non-hydrogen) atoms. The van der Waals surface area contributed by atoms with E-state index in [0.29, 0.717) is 24.3 Å². The average molecular weight is 377 g/mol. The molecule has 1 amide bonds. The molecule has 0 unspecified atom stereocenters. The Bertz CT molecular complexity index is 1040. The second kappa shape index (κ2) is 8.52. The smallest absolute Gasteiger partial charge is 0.266 e. The van der Waals surface area contributed by atoms with Crippen LogP contribution in [0.4, 0.5) is 0 Å². The molecule has 6 nitrogen and oxygen atoms in total. The van der Waals surface area contributed by atoms with Crippen LogP contribution in [0.2, 0.25) is 0 Å². The normalized spacial score (nSPS) is 10.5. The maximum absolute atomic E-state index is 12.3. The van der Waals surface area contributed by atoms with Crippen molar-refractivity contribution in [2.45, 2.75) is 20.4 Å². The number of hydrogen-bond donors (Lipinski definition) is 1. The Morgan fingerprint density at radius 1 is 1.04 bits per heavy atom. The number of aromatic nitrogens is 2. The molecule has 0 bridgehead atoms. The van der Waals surface area contributed by atoms with Crippen LogP contribution in [0.5, 0.6) is 5.75 Å². The predicted molar refractivity (Wildman–Crippen MR) is 109 cm³/mol. The van der Waals surface area contributed by atoms with Crippen molar-refractivity contribution < 1.29 is 9.53 Å². The minimum absolute atomic E-state index is 0.164. The molecule has 0 saturated carbocycles. The van der Waals surface area contributed by atoms with E-state index in [9.17, 15) is 9.59 Å². The van der Waals surface area contributed by atoms with E-state index in [1.54, 1.807) is 19.2 Å². The van der Waals surface area contributed by atoms with Gasteiger partial charge in [0.1, 0.15) is 5.75 Å². The van der Waals surface area contributed by atoms with Crippen LogP contribution in [-0.2, 0) is 6.54 Å². The largest absolute Gasteiger partial charge is 0.497 e. The lowest BCUT2D eigenvalue weighted by Crippen LogP contribution is -2.32. The summed E-state index contributed by atoms with van der Waals surface area (Å²) in [5.74, 6) is 0.591. The van der Waals surface area contributed by atoms with Gasteiger partial charge in [0.2, 0.25) is 0 Å². The van der Waals surface area contributed by atoms with E-state index in [0.717, 1.165) is 22.4 Å². The number of aryl methyl sites for hydroxylation is 2. The molecule has 1 heterocycles. The topological polar surface area (TPSA) is 73.2 Å². The van der Waals surface area contributed by atoms with Crippen molar-refractivity contribution in [1.82, 2.24) is 15.1 Å². The van der Waals surface area contributed by atoms with Crippen LogP contribution in [0, 0.1) is 13.8 Å². The van der Waals surface area contributed by atoms with Crippen LogP contribution >= 0.6 is 0 Å². The van der Waals surface area contributed by atoms with Crippen LogP contribution in [-0.4, -0.2) is 29.3 Å². The Hall–Kier alpha value is -3.41. The summed E-state index contributed by atoms with van der Waals surface area (Å²) in [5, 5.41) is 7.25. The lowest BCUT2D eigenvalue weighted by molar-refractivity contribution is 0.0951. The molecule has 3 rings (SSSR count). The average Bonchev–Trinajstić information content (AvgIpc) is 2.71. The number of hydrogen-bond acceptors (Lipinski definition) is 4. The molecule has 0 fully saturated rings. The molecule has 2 aromatic carbocycles. The fraction of sp³-hybridized carbons (Fsp3) is 0.227. The first-order chi connectivity index (χ1) is 13.5. The van der Waals surface area contributed by atoms with Gasteiger partial charge >= 0.3 is 0 Å². The molecule has 0 aliphatic heterocycles. The highest BCUT2D eigenvalue weighted by Crippen LogP contribution is 2.19. The standard InChI is InChI=1S/C22H23N3O3/c1-15-4-5-18(14-16(15)2)22(27)23-12-13-25-21(26)11-10-20(24-25)17-6-8-19(28-3)9-7-17/h4-11,14H,12-13H2,1-3H3,(H,23,27). The maximum atomic E-state index is 12.3. The molecule has 0 aliphatic rings. The monoisotopic (exact) mass is 377 g/mol. The molecule has 1 N–H and O–H groups in total. The van der Waals surface area contributed by atoms with Gasteiger partial charge in [0.25, 0.3) is 11.5 Å². The first-order valence-corrected chi connectivity index (χ1v) is 9.06. The van der Waals surface area contributed by atoms with E-state index >= 15 is 0 Å². The molecule has 144 valence electrons. The third kappa shape index (κ3) is 4.46. The second-order valence-corrected chi connectivity index (χ2v) is 6.56. The van der Waals surface area contributed by atoms with Gasteiger partial charge in [-0.25, -0.2) is 4.68 Å². The van der Waals surface area contributed by atoms with Crippen molar-refractivity contribution in [3.05, 3.63) is 81.6 Å². The zero-order chi connectivity index (χ0) is 20.1. The predicted octanol–water partition coefficient (Wildman–Crippen LogP) is 2.97. The molecular formula is C22H23N3O3. The SMILES string of the molecule is COc1ccc(-c2ccc(=O)n(CCNC(=O)c3ccc(C)c(C)c3)n2)cc1. The lowest BCUT2D eigenvalue weighted by Gasteiger charge is -2.10. The van der Waals surface area contributed by atoms with Crippen molar-refractivity contribution in [1.29, 1.82) is 0 Å². The Balaban J connectivity index is 1.67. The summed E-state index contributed by atoms with van der Waals surface area (Å²) in [6, 6.07) is 16.2. The van der Waals surface area contributed by atoms with E-state index in [1.165, 1.54) is 10.7 Å². The Kier molecular flexibility index (Phi) is 5.89. The molecule has 6 heteroatoms. The highest BCUT2D eigenvalue weighted by atomic mass is 16.5. The van der Waals surface area contributed by atoms with Crippen molar-refractivity contribution in [3.63, 3.8) is 0 Å². The number of nitrogens with one attached hydrogen (secondary N) is 1. The number of rotatable bonds is 6. The van der Waals surface area contributed by atoms with E-state index < -0.39 is 0 Å². The molecule has 3 aromatic rings. The van der Waals surface area contributed by atoms with Crippen molar-refractivity contribution in [2.24, 2.45) is 0 Å².